The molecule has 0 heterocycles. The summed E-state index contributed by atoms with van der Waals surface area (Å²) in [5, 5.41) is 0. The first-order valence-electron chi connectivity index (χ1n) is 10.7. The van der Waals surface area contributed by atoms with Crippen LogP contribution < -0.4 is 5.73 Å². The second-order valence-corrected chi connectivity index (χ2v) is 8.24. The fourth-order valence-electron chi connectivity index (χ4n) is 2.88. The van der Waals surface area contributed by atoms with Gasteiger partial charge in [-0.05, 0) is 0 Å². The molecular formula is C29H22CdNO4S2+. The van der Waals surface area contributed by atoms with E-state index in [1.807, 2.05) is 24.3 Å². The van der Waals surface area contributed by atoms with Crippen LogP contribution in [-0.2, 0) is 39.9 Å². The predicted molar refractivity (Wildman–Crippen MR) is 147 cm³/mol. The smallest absolute Gasteiger partial charge is 0.415 e. The monoisotopic (exact) mass is 626 g/mol. The molecule has 0 aliphatic rings. The van der Waals surface area contributed by atoms with Crippen molar-refractivity contribution in [2.45, 2.75) is 0 Å². The Morgan fingerprint density at radius 1 is 0.459 bits per heavy atom. The van der Waals surface area contributed by atoms with Gasteiger partial charge in [-0.15, -0.1) is 0 Å². The van der Waals surface area contributed by atoms with E-state index in [-0.39, 0.29) is 31.6 Å². The summed E-state index contributed by atoms with van der Waals surface area (Å²) in [6.07, 6.45) is 0. The third-order valence-corrected chi connectivity index (χ3v) is 4.56. The van der Waals surface area contributed by atoms with Crippen LogP contribution in [0.2, 0.25) is 0 Å². The molecule has 4 aromatic rings. The molecule has 0 aromatic heterocycles. The normalized spacial score (nSPS) is 9.08. The Morgan fingerprint density at radius 3 is 0.730 bits per heavy atom. The fourth-order valence-corrected chi connectivity index (χ4v) is 2.88. The maximum Gasteiger partial charge on any atom is 2.00 e. The molecule has 0 saturated heterocycles. The van der Waals surface area contributed by atoms with Gasteiger partial charge < -0.3 is 30.6 Å². The van der Waals surface area contributed by atoms with Crippen molar-refractivity contribution in [3.05, 3.63) is 144 Å². The molecule has 4 aromatic carbocycles. The number of ketones is 4. The molecule has 0 unspecified atom stereocenters. The van der Waals surface area contributed by atoms with E-state index >= 15 is 0 Å². The second-order valence-electron chi connectivity index (χ2n) is 7.10. The van der Waals surface area contributed by atoms with Crippen molar-refractivity contribution in [1.29, 1.82) is 0 Å². The van der Waals surface area contributed by atoms with Crippen molar-refractivity contribution in [3.63, 3.8) is 0 Å². The average Bonchev–Trinajstić information content (AvgIpc) is 2.93. The minimum atomic E-state index is -0.466. The van der Waals surface area contributed by atoms with Crippen molar-refractivity contribution < 1.29 is 46.5 Å². The van der Waals surface area contributed by atoms with E-state index in [1.165, 1.54) is 0 Å². The zero-order chi connectivity index (χ0) is 26.3. The van der Waals surface area contributed by atoms with E-state index in [0.29, 0.717) is 22.3 Å². The zero-order valence-electron chi connectivity index (χ0n) is 19.8. The molecule has 0 atom stereocenters. The quantitative estimate of drug-likeness (QED) is 0.103. The Bertz CT molecular complexity index is 1120. The minimum absolute atomic E-state index is 0. The summed E-state index contributed by atoms with van der Waals surface area (Å²) < 4.78 is 0.0833. The number of carbonyl (C=O) groups excluding carboxylic acids is 4. The molecule has 8 heteroatoms. The van der Waals surface area contributed by atoms with Crippen LogP contribution in [-0.4, -0.2) is 27.5 Å². The Balaban J connectivity index is 0.000000316. The Labute approximate surface area is 246 Å². The molecule has 37 heavy (non-hydrogen) atoms. The van der Waals surface area contributed by atoms with Gasteiger partial charge in [-0.1, -0.05) is 126 Å². The van der Waals surface area contributed by atoms with Gasteiger partial charge in [0.25, 0.3) is 0 Å². The molecular weight excluding hydrogens is 603 g/mol. The van der Waals surface area contributed by atoms with Gasteiger partial charge in [0.2, 0.25) is 23.1 Å². The molecule has 0 bridgehead atoms. The molecule has 0 aliphatic carbocycles. The van der Waals surface area contributed by atoms with Gasteiger partial charge in [-0.3, -0.25) is 19.2 Å². The standard InChI is InChI=1S/2C14H10O2.CH3NS2.Cd/c2*15-13(11-7-3-1-4-8-11)14(16)12-9-5-2-6-10-12;2-1(3)4;/h2*1-10H;(H3,2,3,4);/q;;;+2/p-1. The van der Waals surface area contributed by atoms with Gasteiger partial charge in [-0.25, -0.2) is 0 Å². The van der Waals surface area contributed by atoms with Crippen LogP contribution in [0.15, 0.2) is 121 Å². The molecule has 0 fully saturated rings. The topological polar surface area (TPSA) is 94.3 Å². The number of hydrogen-bond donors (Lipinski definition) is 1. The molecule has 5 nitrogen and oxygen atoms in total. The van der Waals surface area contributed by atoms with Gasteiger partial charge in [0.05, 0.1) is 0 Å². The number of nitrogens with two attached hydrogens (primary N) is 1. The van der Waals surface area contributed by atoms with E-state index < -0.39 is 23.1 Å². The largest absolute Gasteiger partial charge is 2.00 e. The van der Waals surface area contributed by atoms with E-state index in [4.69, 9.17) is 0 Å². The maximum atomic E-state index is 11.8. The van der Waals surface area contributed by atoms with Crippen molar-refractivity contribution in [1.82, 2.24) is 0 Å². The van der Waals surface area contributed by atoms with E-state index in [1.54, 1.807) is 97.1 Å². The van der Waals surface area contributed by atoms with Gasteiger partial charge >= 0.3 is 27.3 Å². The van der Waals surface area contributed by atoms with Crippen LogP contribution in [0.1, 0.15) is 41.4 Å². The van der Waals surface area contributed by atoms with Crippen LogP contribution in [0, 0.1) is 0 Å². The fraction of sp³-hybridized carbons (Fsp3) is 0. The summed E-state index contributed by atoms with van der Waals surface area (Å²) in [7, 11) is 0. The second kappa shape index (κ2) is 17.1. The van der Waals surface area contributed by atoms with Crippen molar-refractivity contribution in [2.75, 3.05) is 0 Å². The summed E-state index contributed by atoms with van der Waals surface area (Å²) in [4.78, 5) is 47.2. The van der Waals surface area contributed by atoms with Crippen molar-refractivity contribution in [3.8, 4) is 0 Å². The average molecular weight is 625 g/mol. The SMILES string of the molecule is NC(=S)[S-].O=C(C(=O)c1ccccc1)c1ccccc1.O=C(C(=O)c1ccccc1)c1ccccc1.[Cd+2]. The molecule has 0 saturated carbocycles. The third kappa shape index (κ3) is 11.0. The summed E-state index contributed by atoms with van der Waals surface area (Å²) in [5.41, 5.74) is 6.37. The van der Waals surface area contributed by atoms with Crippen LogP contribution in [0.3, 0.4) is 0 Å². The van der Waals surface area contributed by atoms with Crippen LogP contribution in [0.5, 0.6) is 0 Å². The van der Waals surface area contributed by atoms with E-state index in [2.05, 4.69) is 30.6 Å². The van der Waals surface area contributed by atoms with Gasteiger partial charge in [-0.2, -0.15) is 0 Å². The van der Waals surface area contributed by atoms with Crippen LogP contribution >= 0.6 is 12.2 Å². The minimum Gasteiger partial charge on any atom is -0.415 e. The molecule has 0 aliphatic heterocycles. The van der Waals surface area contributed by atoms with E-state index in [0.717, 1.165) is 0 Å². The first-order chi connectivity index (χ1) is 17.3. The molecule has 0 radical (unpaired) electrons. The summed E-state index contributed by atoms with van der Waals surface area (Å²) in [6.45, 7) is 0. The summed E-state index contributed by atoms with van der Waals surface area (Å²) in [5.74, 6) is -1.86. The van der Waals surface area contributed by atoms with Crippen LogP contribution in [0.4, 0.5) is 0 Å². The number of hydrogen-bond acceptors (Lipinski definition) is 6. The summed E-state index contributed by atoms with van der Waals surface area (Å²) in [6, 6.07) is 34.3. The third-order valence-electron chi connectivity index (χ3n) is 4.56. The number of Topliss-reactive ketones (excluding diaryl/α,β-unsaturated/α-hetero) is 4. The molecule has 0 spiro atoms. The van der Waals surface area contributed by atoms with E-state index in [9.17, 15) is 19.2 Å². The molecule has 4 rings (SSSR count). The van der Waals surface area contributed by atoms with Gasteiger partial charge in [0, 0.05) is 22.3 Å². The zero-order valence-corrected chi connectivity index (χ0v) is 25.5. The number of rotatable bonds is 6. The van der Waals surface area contributed by atoms with Gasteiger partial charge in [0.15, 0.2) is 0 Å². The Hall–Kier alpha value is -3.41. The molecule has 180 valence electrons. The first kappa shape index (κ1) is 31.6. The Kier molecular flexibility index (Phi) is 14.6. The number of thiocarbonyl (C=S) groups is 1. The van der Waals surface area contributed by atoms with Crippen molar-refractivity contribution >= 4 is 52.3 Å². The Morgan fingerprint density at radius 2 is 0.595 bits per heavy atom. The van der Waals surface area contributed by atoms with Crippen LogP contribution in [0.25, 0.3) is 0 Å². The number of carbonyl (C=O) groups is 4. The summed E-state index contributed by atoms with van der Waals surface area (Å²) >= 11 is 8.26. The number of benzene rings is 4. The van der Waals surface area contributed by atoms with Gasteiger partial charge in [0.1, 0.15) is 0 Å². The molecule has 0 amide bonds. The first-order valence-corrected chi connectivity index (χ1v) is 11.5. The molecule has 2 N–H and O–H groups in total. The predicted octanol–water partition coefficient (Wildman–Crippen LogP) is 5.28. The van der Waals surface area contributed by atoms with Crippen molar-refractivity contribution in [2.24, 2.45) is 5.73 Å². The maximum absolute atomic E-state index is 11.8.